The van der Waals surface area contributed by atoms with Gasteiger partial charge in [-0.3, -0.25) is 4.99 Å². The lowest BCUT2D eigenvalue weighted by molar-refractivity contribution is 0.315. The Bertz CT molecular complexity index is 143. The molecule has 12 heavy (non-hydrogen) atoms. The van der Waals surface area contributed by atoms with Crippen molar-refractivity contribution in [3.05, 3.63) is 0 Å². The molecule has 0 spiro atoms. The molecular formula is C8H18BrN3. The van der Waals surface area contributed by atoms with E-state index in [0.717, 1.165) is 18.4 Å². The summed E-state index contributed by atoms with van der Waals surface area (Å²) in [4.78, 5) is 4.03. The van der Waals surface area contributed by atoms with Crippen LogP contribution in [0.15, 0.2) is 4.99 Å². The number of halogens is 1. The van der Waals surface area contributed by atoms with Gasteiger partial charge in [-0.1, -0.05) is 6.42 Å². The van der Waals surface area contributed by atoms with E-state index in [0.29, 0.717) is 0 Å². The minimum atomic E-state index is 0. The van der Waals surface area contributed by atoms with Gasteiger partial charge in [0.25, 0.3) is 0 Å². The van der Waals surface area contributed by atoms with Gasteiger partial charge in [0, 0.05) is 20.6 Å². The second-order valence-electron chi connectivity index (χ2n) is 3.00. The van der Waals surface area contributed by atoms with Crippen LogP contribution >= 0.6 is 17.0 Å². The highest BCUT2D eigenvalue weighted by molar-refractivity contribution is 8.93. The van der Waals surface area contributed by atoms with Crippen LogP contribution in [0.25, 0.3) is 0 Å². The first-order valence-electron chi connectivity index (χ1n) is 4.25. The fourth-order valence-corrected chi connectivity index (χ4v) is 1.22. The van der Waals surface area contributed by atoms with E-state index in [1.165, 1.54) is 19.3 Å². The maximum absolute atomic E-state index is 4.03. The molecule has 0 aromatic carbocycles. The summed E-state index contributed by atoms with van der Waals surface area (Å²) in [5, 5.41) is 6.25. The maximum Gasteiger partial charge on any atom is 0.190 e. The lowest BCUT2D eigenvalue weighted by Gasteiger charge is -2.25. The second-order valence-corrected chi connectivity index (χ2v) is 3.00. The van der Waals surface area contributed by atoms with E-state index >= 15 is 0 Å². The Labute approximate surface area is 84.8 Å². The van der Waals surface area contributed by atoms with Crippen LogP contribution in [0.5, 0.6) is 0 Å². The largest absolute Gasteiger partial charge is 0.359 e. The van der Waals surface area contributed by atoms with E-state index in [1.807, 2.05) is 7.05 Å². The zero-order valence-electron chi connectivity index (χ0n) is 7.76. The van der Waals surface area contributed by atoms with Gasteiger partial charge in [0.1, 0.15) is 0 Å². The molecule has 3 nitrogen and oxygen atoms in total. The smallest absolute Gasteiger partial charge is 0.190 e. The molecule has 2 N–H and O–H groups in total. The van der Waals surface area contributed by atoms with Gasteiger partial charge in [-0.15, -0.1) is 17.0 Å². The van der Waals surface area contributed by atoms with Gasteiger partial charge in [-0.25, -0.2) is 0 Å². The van der Waals surface area contributed by atoms with Crippen LogP contribution in [0.3, 0.4) is 0 Å². The topological polar surface area (TPSA) is 36.4 Å². The molecule has 1 aliphatic rings. The van der Waals surface area contributed by atoms with Gasteiger partial charge in [-0.2, -0.15) is 0 Å². The molecule has 1 rings (SSSR count). The Morgan fingerprint density at radius 2 is 2.17 bits per heavy atom. The third kappa shape index (κ3) is 3.43. The summed E-state index contributed by atoms with van der Waals surface area (Å²) >= 11 is 0. The van der Waals surface area contributed by atoms with Crippen LogP contribution in [-0.2, 0) is 0 Å². The van der Waals surface area contributed by atoms with E-state index in [2.05, 4.69) is 15.6 Å². The van der Waals surface area contributed by atoms with E-state index < -0.39 is 0 Å². The molecule has 0 atom stereocenters. The molecular weight excluding hydrogens is 218 g/mol. The number of aliphatic imine (C=N–C) groups is 1. The van der Waals surface area contributed by atoms with Gasteiger partial charge in [-0.05, 0) is 18.8 Å². The summed E-state index contributed by atoms with van der Waals surface area (Å²) in [6.45, 7) is 1.08. The van der Waals surface area contributed by atoms with Crippen molar-refractivity contribution >= 4 is 22.9 Å². The number of rotatable bonds is 2. The lowest BCUT2D eigenvalue weighted by atomic mass is 9.85. The Balaban J connectivity index is 0.00000121. The molecule has 1 saturated carbocycles. The van der Waals surface area contributed by atoms with Crippen LogP contribution in [0.2, 0.25) is 0 Å². The monoisotopic (exact) mass is 235 g/mol. The SMILES string of the molecule is Br.CN=C(NC)NCC1CCC1. The molecule has 0 unspecified atom stereocenters. The van der Waals surface area contributed by atoms with Gasteiger partial charge in [0.2, 0.25) is 0 Å². The highest BCUT2D eigenvalue weighted by atomic mass is 79.9. The lowest BCUT2D eigenvalue weighted by Crippen LogP contribution is -2.39. The number of hydrogen-bond donors (Lipinski definition) is 2. The molecule has 0 radical (unpaired) electrons. The first-order chi connectivity index (χ1) is 5.36. The number of hydrogen-bond acceptors (Lipinski definition) is 1. The maximum atomic E-state index is 4.03. The third-order valence-corrected chi connectivity index (χ3v) is 2.24. The van der Waals surface area contributed by atoms with Gasteiger partial charge in [0.15, 0.2) is 5.96 Å². The Morgan fingerprint density at radius 3 is 2.50 bits per heavy atom. The number of nitrogens with one attached hydrogen (secondary N) is 2. The van der Waals surface area contributed by atoms with Crippen LogP contribution in [0.4, 0.5) is 0 Å². The average molecular weight is 236 g/mol. The van der Waals surface area contributed by atoms with Crippen molar-refractivity contribution in [2.45, 2.75) is 19.3 Å². The van der Waals surface area contributed by atoms with Crippen molar-refractivity contribution < 1.29 is 0 Å². The van der Waals surface area contributed by atoms with Crippen molar-refractivity contribution in [3.63, 3.8) is 0 Å². The van der Waals surface area contributed by atoms with E-state index in [4.69, 9.17) is 0 Å². The van der Waals surface area contributed by atoms with Gasteiger partial charge in [0.05, 0.1) is 0 Å². The Morgan fingerprint density at radius 1 is 1.50 bits per heavy atom. The fraction of sp³-hybridized carbons (Fsp3) is 0.875. The van der Waals surface area contributed by atoms with Crippen molar-refractivity contribution in [1.82, 2.24) is 10.6 Å². The summed E-state index contributed by atoms with van der Waals surface area (Å²) in [6, 6.07) is 0. The van der Waals surface area contributed by atoms with Crippen molar-refractivity contribution in [3.8, 4) is 0 Å². The summed E-state index contributed by atoms with van der Waals surface area (Å²) in [7, 11) is 3.68. The zero-order chi connectivity index (χ0) is 8.10. The van der Waals surface area contributed by atoms with E-state index in [-0.39, 0.29) is 17.0 Å². The normalized spacial score (nSPS) is 17.7. The summed E-state index contributed by atoms with van der Waals surface area (Å²) in [5.74, 6) is 1.79. The van der Waals surface area contributed by atoms with Crippen LogP contribution in [0.1, 0.15) is 19.3 Å². The molecule has 4 heteroatoms. The quantitative estimate of drug-likeness (QED) is 0.557. The van der Waals surface area contributed by atoms with E-state index in [9.17, 15) is 0 Å². The second kappa shape index (κ2) is 6.29. The van der Waals surface area contributed by atoms with Gasteiger partial charge >= 0.3 is 0 Å². The van der Waals surface area contributed by atoms with Crippen molar-refractivity contribution in [1.29, 1.82) is 0 Å². The predicted molar refractivity (Wildman–Crippen MR) is 58.1 cm³/mol. The van der Waals surface area contributed by atoms with Crippen molar-refractivity contribution in [2.24, 2.45) is 10.9 Å². The average Bonchev–Trinajstić information content (AvgIpc) is 1.95. The Kier molecular flexibility index (Phi) is 6.16. The summed E-state index contributed by atoms with van der Waals surface area (Å²) < 4.78 is 0. The number of guanidine groups is 1. The molecule has 0 bridgehead atoms. The van der Waals surface area contributed by atoms with Crippen LogP contribution < -0.4 is 10.6 Å². The van der Waals surface area contributed by atoms with Crippen LogP contribution in [-0.4, -0.2) is 26.6 Å². The molecule has 0 aromatic heterocycles. The predicted octanol–water partition coefficient (Wildman–Crippen LogP) is 1.16. The molecule has 72 valence electrons. The van der Waals surface area contributed by atoms with Gasteiger partial charge < -0.3 is 10.6 Å². The summed E-state index contributed by atoms with van der Waals surface area (Å²) in [5.41, 5.74) is 0. The number of nitrogens with zero attached hydrogens (tertiary/aromatic N) is 1. The molecule has 0 aromatic rings. The standard InChI is InChI=1S/C8H17N3.BrH/c1-9-8(10-2)11-6-7-4-3-5-7;/h7H,3-6H2,1-2H3,(H2,9,10,11);1H. The molecule has 0 saturated heterocycles. The van der Waals surface area contributed by atoms with E-state index in [1.54, 1.807) is 7.05 Å². The third-order valence-electron chi connectivity index (χ3n) is 2.24. The minimum Gasteiger partial charge on any atom is -0.359 e. The Hall–Kier alpha value is -0.250. The fourth-order valence-electron chi connectivity index (χ4n) is 1.22. The minimum absolute atomic E-state index is 0. The first-order valence-corrected chi connectivity index (χ1v) is 4.25. The molecule has 1 aliphatic carbocycles. The molecule has 0 amide bonds. The van der Waals surface area contributed by atoms with Crippen molar-refractivity contribution in [2.75, 3.05) is 20.6 Å². The molecule has 1 fully saturated rings. The first kappa shape index (κ1) is 11.8. The highest BCUT2D eigenvalue weighted by Crippen LogP contribution is 2.24. The highest BCUT2D eigenvalue weighted by Gasteiger charge is 2.16. The summed E-state index contributed by atoms with van der Waals surface area (Å²) in [6.07, 6.45) is 4.17. The van der Waals surface area contributed by atoms with Crippen LogP contribution in [0, 0.1) is 5.92 Å². The zero-order valence-corrected chi connectivity index (χ0v) is 9.47. The molecule has 0 heterocycles. The molecule has 0 aliphatic heterocycles.